The summed E-state index contributed by atoms with van der Waals surface area (Å²) in [5.74, 6) is -7.39. The van der Waals surface area contributed by atoms with E-state index in [2.05, 4.69) is 4.74 Å². The first-order valence-corrected chi connectivity index (χ1v) is 14.3. The number of hydrogen-bond acceptors (Lipinski definition) is 6. The highest BCUT2D eigenvalue weighted by atomic mass is 35.5. The van der Waals surface area contributed by atoms with E-state index in [1.165, 1.54) is 11.9 Å². The minimum Gasteiger partial charge on any atom is -0.508 e. The molecule has 1 aromatic rings. The molecule has 220 valence electrons. The molecule has 0 aromatic heterocycles. The van der Waals surface area contributed by atoms with Gasteiger partial charge in [0.1, 0.15) is 11.5 Å². The number of phenolic OH excluding ortho intramolecular Hbond substituents is 1. The molecule has 0 unspecified atom stereocenters. The molecule has 4 amide bonds. The second-order valence-corrected chi connectivity index (χ2v) is 12.8. The zero-order chi connectivity index (χ0) is 29.6. The Kier molecular flexibility index (Phi) is 6.47. The molecule has 2 heterocycles. The van der Waals surface area contributed by atoms with Crippen LogP contribution < -0.4 is 4.74 Å². The van der Waals surface area contributed by atoms with Crippen LogP contribution in [0, 0.1) is 17.8 Å². The van der Waals surface area contributed by atoms with Crippen LogP contribution in [0.5, 0.6) is 11.5 Å². The topological polar surface area (TPSA) is 104 Å². The molecule has 2 saturated carbocycles. The van der Waals surface area contributed by atoms with Crippen molar-refractivity contribution in [1.29, 1.82) is 0 Å². The minimum absolute atomic E-state index is 0.126. The van der Waals surface area contributed by atoms with Crippen LogP contribution in [0.4, 0.5) is 13.2 Å². The van der Waals surface area contributed by atoms with E-state index < -0.39 is 63.1 Å². The first-order valence-electron chi connectivity index (χ1n) is 13.6. The van der Waals surface area contributed by atoms with Gasteiger partial charge in [0, 0.05) is 24.6 Å². The van der Waals surface area contributed by atoms with Crippen molar-refractivity contribution in [3.05, 3.63) is 35.4 Å². The molecule has 0 spiro atoms. The Hall–Kier alpha value is -2.79. The van der Waals surface area contributed by atoms with E-state index >= 15 is 0 Å². The van der Waals surface area contributed by atoms with Gasteiger partial charge in [-0.25, -0.2) is 0 Å². The molecule has 0 bridgehead atoms. The predicted octanol–water partition coefficient (Wildman–Crippen LogP) is 4.61. The maximum absolute atomic E-state index is 14.0. The Labute approximate surface area is 243 Å². The number of amides is 4. The number of alkyl halides is 5. The van der Waals surface area contributed by atoms with Crippen molar-refractivity contribution in [3.63, 3.8) is 0 Å². The number of likely N-dealkylation sites (tertiary alicyclic amines) is 2. The van der Waals surface area contributed by atoms with Crippen molar-refractivity contribution in [3.8, 4) is 11.5 Å². The largest absolute Gasteiger partial charge is 0.573 e. The number of carbonyl (C=O) groups excluding carboxylic acids is 4. The lowest BCUT2D eigenvalue weighted by atomic mass is 9.56. The fraction of sp³-hybridized carbons (Fsp3) is 0.571. The molecule has 4 fully saturated rings. The number of phenols is 1. The molecule has 2 aliphatic heterocycles. The summed E-state index contributed by atoms with van der Waals surface area (Å²) < 4.78 is 43.4. The third-order valence-electron chi connectivity index (χ3n) is 9.53. The number of imide groups is 2. The summed E-state index contributed by atoms with van der Waals surface area (Å²) in [6.07, 6.45) is 0.710. The van der Waals surface area contributed by atoms with Crippen LogP contribution in [0.25, 0.3) is 0 Å². The predicted molar refractivity (Wildman–Crippen MR) is 139 cm³/mol. The lowest BCUT2D eigenvalue weighted by Crippen LogP contribution is -2.60. The van der Waals surface area contributed by atoms with Crippen LogP contribution >= 0.6 is 23.2 Å². The average molecular weight is 615 g/mol. The molecule has 5 aliphatic rings. The maximum Gasteiger partial charge on any atom is 0.573 e. The fourth-order valence-electron chi connectivity index (χ4n) is 7.77. The van der Waals surface area contributed by atoms with E-state index in [0.29, 0.717) is 18.4 Å². The van der Waals surface area contributed by atoms with Crippen molar-refractivity contribution < 1.29 is 42.2 Å². The zero-order valence-electron chi connectivity index (χ0n) is 21.9. The third-order valence-corrected chi connectivity index (χ3v) is 10.9. The summed E-state index contributed by atoms with van der Waals surface area (Å²) in [7, 11) is 1.20. The van der Waals surface area contributed by atoms with Crippen LogP contribution in [0.2, 0.25) is 0 Å². The number of benzene rings is 1. The van der Waals surface area contributed by atoms with Crippen molar-refractivity contribution in [2.75, 3.05) is 7.05 Å². The normalized spacial score (nSPS) is 35.8. The molecule has 8 nitrogen and oxygen atoms in total. The number of allylic oxidation sites excluding steroid dienone is 2. The van der Waals surface area contributed by atoms with Crippen LogP contribution in [-0.2, 0) is 19.2 Å². The average Bonchev–Trinajstić information content (AvgIpc) is 3.24. The summed E-state index contributed by atoms with van der Waals surface area (Å²) in [6, 6.07) is 2.57. The number of carbonyl (C=O) groups is 4. The van der Waals surface area contributed by atoms with Crippen molar-refractivity contribution >= 4 is 46.8 Å². The van der Waals surface area contributed by atoms with Gasteiger partial charge in [-0.1, -0.05) is 30.9 Å². The summed E-state index contributed by atoms with van der Waals surface area (Å²) in [4.78, 5) is 52.4. The fourth-order valence-corrected chi connectivity index (χ4v) is 8.79. The molecule has 1 N–H and O–H groups in total. The lowest BCUT2D eigenvalue weighted by molar-refractivity contribution is -0.274. The third kappa shape index (κ3) is 3.94. The number of halogens is 5. The summed E-state index contributed by atoms with van der Waals surface area (Å²) in [5.41, 5.74) is 0.165. The number of fused-ring (bicyclic) bond motifs is 4. The van der Waals surface area contributed by atoms with E-state index in [-0.39, 0.29) is 36.3 Å². The summed E-state index contributed by atoms with van der Waals surface area (Å²) >= 11 is 14.1. The summed E-state index contributed by atoms with van der Waals surface area (Å²) in [6.45, 7) is 0. The highest BCUT2D eigenvalue weighted by molar-refractivity contribution is 6.53. The van der Waals surface area contributed by atoms with Crippen LogP contribution in [-0.4, -0.2) is 67.7 Å². The van der Waals surface area contributed by atoms with Crippen molar-refractivity contribution in [1.82, 2.24) is 9.80 Å². The number of nitrogens with zero attached hydrogens (tertiary/aromatic N) is 2. The second kappa shape index (κ2) is 9.36. The first kappa shape index (κ1) is 28.3. The van der Waals surface area contributed by atoms with Gasteiger partial charge in [-0.05, 0) is 49.8 Å². The maximum atomic E-state index is 14.0. The Morgan fingerprint density at radius 2 is 1.68 bits per heavy atom. The van der Waals surface area contributed by atoms with Crippen molar-refractivity contribution in [2.24, 2.45) is 17.8 Å². The van der Waals surface area contributed by atoms with Gasteiger partial charge < -0.3 is 9.84 Å². The molecular weight excluding hydrogens is 588 g/mol. The van der Waals surface area contributed by atoms with Crippen LogP contribution in [0.15, 0.2) is 29.8 Å². The molecule has 1 aromatic carbocycles. The van der Waals surface area contributed by atoms with E-state index in [4.69, 9.17) is 23.2 Å². The highest BCUT2D eigenvalue weighted by Gasteiger charge is 2.76. The van der Waals surface area contributed by atoms with Gasteiger partial charge in [-0.3, -0.25) is 29.0 Å². The minimum atomic E-state index is -5.05. The Morgan fingerprint density at radius 1 is 1.00 bits per heavy atom. The van der Waals surface area contributed by atoms with E-state index in [9.17, 15) is 37.5 Å². The van der Waals surface area contributed by atoms with E-state index in [1.807, 2.05) is 0 Å². The van der Waals surface area contributed by atoms with Crippen molar-refractivity contribution in [2.45, 2.75) is 73.0 Å². The quantitative estimate of drug-likeness (QED) is 0.303. The molecular formula is C28H27Cl2F3N2O6. The first-order chi connectivity index (χ1) is 19.2. The Balaban J connectivity index is 1.50. The molecule has 41 heavy (non-hydrogen) atoms. The zero-order valence-corrected chi connectivity index (χ0v) is 23.4. The lowest BCUT2D eigenvalue weighted by Gasteiger charge is -2.50. The summed E-state index contributed by atoms with van der Waals surface area (Å²) in [5, 5.41) is 10.9. The van der Waals surface area contributed by atoms with Crippen LogP contribution in [0.3, 0.4) is 0 Å². The van der Waals surface area contributed by atoms with Gasteiger partial charge in [0.05, 0.1) is 11.8 Å². The van der Waals surface area contributed by atoms with Gasteiger partial charge in [0.15, 0.2) is 9.75 Å². The van der Waals surface area contributed by atoms with Gasteiger partial charge in [0.25, 0.3) is 11.8 Å². The molecule has 0 radical (unpaired) electrons. The highest BCUT2D eigenvalue weighted by Crippen LogP contribution is 2.66. The molecule has 2 saturated heterocycles. The van der Waals surface area contributed by atoms with Gasteiger partial charge >= 0.3 is 6.36 Å². The van der Waals surface area contributed by atoms with Gasteiger partial charge in [-0.2, -0.15) is 0 Å². The second-order valence-electron chi connectivity index (χ2n) is 11.6. The van der Waals surface area contributed by atoms with E-state index in [1.54, 1.807) is 6.08 Å². The number of hydrogen-bond donors (Lipinski definition) is 1. The molecule has 13 heteroatoms. The monoisotopic (exact) mass is 614 g/mol. The van der Waals surface area contributed by atoms with Gasteiger partial charge in [-0.15, -0.1) is 36.4 Å². The number of ether oxygens (including phenoxy) is 1. The molecule has 6 atom stereocenters. The molecule has 6 rings (SSSR count). The standard InChI is InChI=1S/C28H27Cl2F3N2O6/c1-34-24(39)26(29)12-18-15(8-9-16-20(18)23(38)35(22(16)37)13-5-3-2-4-6-13)21(27(26,30)25(34)40)17-11-14(7-10-19(17)36)41-28(31,32)33/h7-8,10-11,13,16,18,20-21,36H,2-6,9,12H2,1H3/t16-,18+,20-,21+,26+,27-/m0/s1. The Bertz CT molecular complexity index is 1400. The van der Waals surface area contributed by atoms with Gasteiger partial charge in [0.2, 0.25) is 11.8 Å². The van der Waals surface area contributed by atoms with Crippen LogP contribution in [0.1, 0.15) is 56.4 Å². The smallest absolute Gasteiger partial charge is 0.508 e. The number of aromatic hydroxyl groups is 1. The number of rotatable bonds is 3. The SMILES string of the molecule is CN1C(=O)[C@]2(Cl)C[C@@H]3C(=CC[C@@H]4C(=O)N(C5CCCCC5)C(=O)[C@@H]43)[C@H](c3cc(OC(F)(F)F)ccc3O)[C@]2(Cl)C1=O. The van der Waals surface area contributed by atoms with E-state index in [0.717, 1.165) is 42.4 Å². The Morgan fingerprint density at radius 3 is 2.34 bits per heavy atom. The molecule has 3 aliphatic carbocycles.